The predicted molar refractivity (Wildman–Crippen MR) is 75.7 cm³/mol. The number of ether oxygens (including phenoxy) is 1. The molecule has 0 spiro atoms. The lowest BCUT2D eigenvalue weighted by molar-refractivity contribution is 0.0485. The molecule has 1 aliphatic rings. The Morgan fingerprint density at radius 1 is 1.20 bits per heavy atom. The van der Waals surface area contributed by atoms with Crippen molar-refractivity contribution in [3.8, 4) is 0 Å². The highest BCUT2D eigenvalue weighted by Crippen LogP contribution is 2.27. The van der Waals surface area contributed by atoms with Crippen LogP contribution >= 0.6 is 0 Å². The molecule has 0 heterocycles. The zero-order chi connectivity index (χ0) is 15.3. The Bertz CT molecular complexity index is 344. The van der Waals surface area contributed by atoms with Crippen LogP contribution in [-0.4, -0.2) is 35.0 Å². The molecule has 1 atom stereocenters. The monoisotopic (exact) mass is 286 g/mol. The van der Waals surface area contributed by atoms with Gasteiger partial charge >= 0.3 is 12.2 Å². The second kappa shape index (κ2) is 6.81. The molecule has 0 aromatic carbocycles. The summed E-state index contributed by atoms with van der Waals surface area (Å²) < 4.78 is 5.23. The van der Waals surface area contributed by atoms with E-state index in [-0.39, 0.29) is 18.2 Å². The summed E-state index contributed by atoms with van der Waals surface area (Å²) in [4.78, 5) is 22.3. The summed E-state index contributed by atoms with van der Waals surface area (Å²) in [5.41, 5.74) is -0.485. The van der Waals surface area contributed by atoms with E-state index in [0.29, 0.717) is 5.92 Å². The zero-order valence-electron chi connectivity index (χ0n) is 12.7. The van der Waals surface area contributed by atoms with Crippen molar-refractivity contribution in [2.75, 3.05) is 0 Å². The van der Waals surface area contributed by atoms with Crippen molar-refractivity contribution in [3.63, 3.8) is 0 Å². The molecule has 116 valence electrons. The second-order valence-electron chi connectivity index (χ2n) is 6.50. The van der Waals surface area contributed by atoms with Crippen LogP contribution in [0.3, 0.4) is 0 Å². The van der Waals surface area contributed by atoms with E-state index in [9.17, 15) is 9.59 Å². The predicted octanol–water partition coefficient (Wildman–Crippen LogP) is 2.73. The van der Waals surface area contributed by atoms with Gasteiger partial charge in [-0.1, -0.05) is 0 Å². The molecular weight excluding hydrogens is 260 g/mol. The van der Waals surface area contributed by atoms with E-state index >= 15 is 0 Å². The quantitative estimate of drug-likeness (QED) is 0.744. The summed E-state index contributed by atoms with van der Waals surface area (Å²) in [7, 11) is 0. The van der Waals surface area contributed by atoms with Gasteiger partial charge in [0, 0.05) is 12.1 Å². The van der Waals surface area contributed by atoms with Gasteiger partial charge in [0.1, 0.15) is 5.60 Å². The average Bonchev–Trinajstić information content (AvgIpc) is 2.26. The summed E-state index contributed by atoms with van der Waals surface area (Å²) in [5, 5.41) is 14.1. The van der Waals surface area contributed by atoms with Crippen LogP contribution in [0, 0.1) is 5.92 Å². The normalized spacial score (nSPS) is 24.6. The van der Waals surface area contributed by atoms with E-state index in [1.807, 2.05) is 27.7 Å². The van der Waals surface area contributed by atoms with Crippen molar-refractivity contribution < 1.29 is 19.4 Å². The smallest absolute Gasteiger partial charge is 0.407 e. The molecule has 0 saturated heterocycles. The summed E-state index contributed by atoms with van der Waals surface area (Å²) in [6.07, 6.45) is 2.17. The number of hydrogen-bond donors (Lipinski definition) is 3. The van der Waals surface area contributed by atoms with Crippen LogP contribution in [0.5, 0.6) is 0 Å². The molecular formula is C14H26N2O4. The van der Waals surface area contributed by atoms with Crippen molar-refractivity contribution >= 4 is 12.2 Å². The van der Waals surface area contributed by atoms with Crippen LogP contribution in [-0.2, 0) is 4.74 Å². The van der Waals surface area contributed by atoms with Gasteiger partial charge in [0.2, 0.25) is 0 Å². The second-order valence-corrected chi connectivity index (χ2v) is 6.50. The van der Waals surface area contributed by atoms with Gasteiger partial charge in [-0.15, -0.1) is 0 Å². The molecule has 0 aromatic heterocycles. The van der Waals surface area contributed by atoms with Crippen molar-refractivity contribution in [3.05, 3.63) is 0 Å². The first-order valence-corrected chi connectivity index (χ1v) is 7.16. The Morgan fingerprint density at radius 3 is 2.20 bits per heavy atom. The summed E-state index contributed by atoms with van der Waals surface area (Å²) >= 11 is 0. The van der Waals surface area contributed by atoms with Crippen LogP contribution < -0.4 is 10.6 Å². The molecule has 2 amide bonds. The third-order valence-electron chi connectivity index (χ3n) is 3.55. The molecule has 20 heavy (non-hydrogen) atoms. The Hall–Kier alpha value is -1.46. The molecule has 0 bridgehead atoms. The van der Waals surface area contributed by atoms with Gasteiger partial charge in [0.15, 0.2) is 0 Å². The topological polar surface area (TPSA) is 87.7 Å². The highest BCUT2D eigenvalue weighted by Gasteiger charge is 2.27. The van der Waals surface area contributed by atoms with Gasteiger partial charge < -0.3 is 20.5 Å². The van der Waals surface area contributed by atoms with Crippen LogP contribution in [0.15, 0.2) is 0 Å². The van der Waals surface area contributed by atoms with E-state index in [1.54, 1.807) is 0 Å². The van der Waals surface area contributed by atoms with E-state index in [1.165, 1.54) is 0 Å². The van der Waals surface area contributed by atoms with Crippen LogP contribution in [0.25, 0.3) is 0 Å². The number of hydrogen-bond acceptors (Lipinski definition) is 3. The fourth-order valence-corrected chi connectivity index (χ4v) is 2.55. The molecule has 3 N–H and O–H groups in total. The number of rotatable bonds is 3. The first-order valence-electron chi connectivity index (χ1n) is 7.16. The van der Waals surface area contributed by atoms with E-state index in [2.05, 4.69) is 10.6 Å². The number of nitrogens with one attached hydrogen (secondary N) is 2. The SMILES string of the molecule is CC(NC(=O)O)[C@H]1CC[C@H](NC(=O)OC(C)(C)C)CC1. The molecule has 0 aromatic rings. The van der Waals surface area contributed by atoms with Crippen molar-refractivity contribution in [2.24, 2.45) is 5.92 Å². The highest BCUT2D eigenvalue weighted by atomic mass is 16.6. The van der Waals surface area contributed by atoms with Crippen LogP contribution in [0.2, 0.25) is 0 Å². The summed E-state index contributed by atoms with van der Waals surface area (Å²) in [6, 6.07) is 0.0769. The van der Waals surface area contributed by atoms with E-state index < -0.39 is 11.7 Å². The number of carboxylic acid groups (broad SMARTS) is 1. The molecule has 0 aliphatic heterocycles. The minimum absolute atomic E-state index is 0.0463. The van der Waals surface area contributed by atoms with Crippen molar-refractivity contribution in [1.82, 2.24) is 10.6 Å². The fourth-order valence-electron chi connectivity index (χ4n) is 2.55. The molecule has 1 aliphatic carbocycles. The maximum atomic E-state index is 11.7. The van der Waals surface area contributed by atoms with Crippen molar-refractivity contribution in [2.45, 2.75) is 71.1 Å². The minimum atomic E-state index is -0.980. The van der Waals surface area contributed by atoms with Gasteiger partial charge in [-0.2, -0.15) is 0 Å². The Labute approximate surface area is 120 Å². The van der Waals surface area contributed by atoms with Crippen LogP contribution in [0.1, 0.15) is 53.4 Å². The van der Waals surface area contributed by atoms with Gasteiger partial charge in [0.05, 0.1) is 0 Å². The first-order chi connectivity index (χ1) is 9.17. The fraction of sp³-hybridized carbons (Fsp3) is 0.857. The Balaban J connectivity index is 2.32. The van der Waals surface area contributed by atoms with E-state index in [0.717, 1.165) is 25.7 Å². The summed E-state index contributed by atoms with van der Waals surface area (Å²) in [6.45, 7) is 7.40. The Morgan fingerprint density at radius 2 is 1.75 bits per heavy atom. The third kappa shape index (κ3) is 6.12. The Kier molecular flexibility index (Phi) is 5.65. The lowest BCUT2D eigenvalue weighted by Crippen LogP contribution is -2.44. The lowest BCUT2D eigenvalue weighted by atomic mass is 9.82. The van der Waals surface area contributed by atoms with Crippen molar-refractivity contribution in [1.29, 1.82) is 0 Å². The maximum absolute atomic E-state index is 11.7. The lowest BCUT2D eigenvalue weighted by Gasteiger charge is -2.32. The molecule has 1 fully saturated rings. The van der Waals surface area contributed by atoms with Gasteiger partial charge in [-0.25, -0.2) is 9.59 Å². The minimum Gasteiger partial charge on any atom is -0.465 e. The molecule has 1 saturated carbocycles. The highest BCUT2D eigenvalue weighted by molar-refractivity contribution is 5.68. The van der Waals surface area contributed by atoms with Gasteiger partial charge in [-0.3, -0.25) is 0 Å². The zero-order valence-corrected chi connectivity index (χ0v) is 12.7. The molecule has 1 rings (SSSR count). The number of amides is 2. The van der Waals surface area contributed by atoms with Gasteiger partial charge in [-0.05, 0) is 59.3 Å². The number of alkyl carbamates (subject to hydrolysis) is 1. The average molecular weight is 286 g/mol. The number of carbonyl (C=O) groups excluding carboxylic acids is 1. The van der Waals surface area contributed by atoms with Gasteiger partial charge in [0.25, 0.3) is 0 Å². The molecule has 0 radical (unpaired) electrons. The summed E-state index contributed by atoms with van der Waals surface area (Å²) in [5.74, 6) is 0.336. The molecule has 6 heteroatoms. The largest absolute Gasteiger partial charge is 0.465 e. The number of carbonyl (C=O) groups is 2. The first kappa shape index (κ1) is 16.6. The van der Waals surface area contributed by atoms with E-state index in [4.69, 9.17) is 9.84 Å². The third-order valence-corrected chi connectivity index (χ3v) is 3.55. The molecule has 1 unspecified atom stereocenters. The standard InChI is InChI=1S/C14H26N2O4/c1-9(15-12(17)18)10-5-7-11(8-6-10)16-13(19)20-14(2,3)4/h9-11,15H,5-8H2,1-4H3,(H,16,19)(H,17,18)/t9?,10-,11-. The maximum Gasteiger partial charge on any atom is 0.407 e. The van der Waals surface area contributed by atoms with Crippen LogP contribution in [0.4, 0.5) is 9.59 Å². The molecule has 6 nitrogen and oxygen atoms in total.